The first-order chi connectivity index (χ1) is 12.0. The lowest BCUT2D eigenvalue weighted by Gasteiger charge is -2.22. The molecule has 0 bridgehead atoms. The minimum atomic E-state index is -0.271. The molecule has 25 heavy (non-hydrogen) atoms. The van der Waals surface area contributed by atoms with Crippen LogP contribution in [-0.2, 0) is 16.8 Å². The number of rotatable bonds is 5. The number of amides is 1. The number of nitrogens with one attached hydrogen (secondary N) is 1. The molecular weight excluding hydrogens is 336 g/mol. The van der Waals surface area contributed by atoms with Gasteiger partial charge in [-0.1, -0.05) is 44.2 Å². The molecule has 1 aromatic carbocycles. The fourth-order valence-electron chi connectivity index (χ4n) is 2.35. The largest absolute Gasteiger partial charge is 0.300 e. The Kier molecular flexibility index (Phi) is 4.59. The Hall–Kier alpha value is -3.05. The van der Waals surface area contributed by atoms with Crippen molar-refractivity contribution in [3.63, 3.8) is 0 Å². The van der Waals surface area contributed by atoms with E-state index in [4.69, 9.17) is 5.26 Å². The van der Waals surface area contributed by atoms with Crippen LogP contribution >= 0.6 is 11.3 Å². The molecule has 0 aliphatic heterocycles. The van der Waals surface area contributed by atoms with Gasteiger partial charge in [0.25, 0.3) is 5.82 Å². The third kappa shape index (κ3) is 3.72. The highest BCUT2D eigenvalue weighted by molar-refractivity contribution is 7.13. The summed E-state index contributed by atoms with van der Waals surface area (Å²) in [6.45, 7) is 4.18. The van der Waals surface area contributed by atoms with Gasteiger partial charge >= 0.3 is 0 Å². The van der Waals surface area contributed by atoms with E-state index in [1.807, 2.05) is 29.6 Å². The molecule has 3 aromatic rings. The second-order valence-electron chi connectivity index (χ2n) is 5.95. The SMILES string of the molecule is CC(C)(c1ccccc1)c1csc(NC(=O)Cn2cnc(C#N)n2)n1. The van der Waals surface area contributed by atoms with Gasteiger partial charge in [0.05, 0.1) is 5.69 Å². The molecule has 126 valence electrons. The van der Waals surface area contributed by atoms with Crippen molar-refractivity contribution in [2.45, 2.75) is 25.8 Å². The molecule has 2 aromatic heterocycles. The maximum Gasteiger partial charge on any atom is 0.252 e. The molecule has 2 heterocycles. The van der Waals surface area contributed by atoms with Crippen LogP contribution in [0, 0.1) is 11.3 Å². The number of nitriles is 1. The molecule has 0 aliphatic rings. The highest BCUT2D eigenvalue weighted by Crippen LogP contribution is 2.33. The summed E-state index contributed by atoms with van der Waals surface area (Å²) in [4.78, 5) is 20.4. The third-order valence-corrected chi connectivity index (χ3v) is 4.59. The quantitative estimate of drug-likeness (QED) is 0.761. The van der Waals surface area contributed by atoms with E-state index in [9.17, 15) is 4.79 Å². The van der Waals surface area contributed by atoms with Crippen molar-refractivity contribution in [3.8, 4) is 6.07 Å². The third-order valence-electron chi connectivity index (χ3n) is 3.83. The number of nitrogens with zero attached hydrogens (tertiary/aromatic N) is 5. The summed E-state index contributed by atoms with van der Waals surface area (Å²) in [5.41, 5.74) is 1.80. The fourth-order valence-corrected chi connectivity index (χ4v) is 3.24. The van der Waals surface area contributed by atoms with Gasteiger partial charge in [-0.15, -0.1) is 16.4 Å². The second-order valence-corrected chi connectivity index (χ2v) is 6.81. The summed E-state index contributed by atoms with van der Waals surface area (Å²) in [6, 6.07) is 11.9. The molecule has 0 radical (unpaired) electrons. The monoisotopic (exact) mass is 352 g/mol. The van der Waals surface area contributed by atoms with Gasteiger partial charge in [0.1, 0.15) is 18.9 Å². The number of hydrogen-bond donors (Lipinski definition) is 1. The molecule has 0 spiro atoms. The van der Waals surface area contributed by atoms with E-state index in [-0.39, 0.29) is 23.7 Å². The Morgan fingerprint density at radius 2 is 2.12 bits per heavy atom. The molecule has 8 heteroatoms. The van der Waals surface area contributed by atoms with Crippen LogP contribution in [0.25, 0.3) is 0 Å². The van der Waals surface area contributed by atoms with Crippen LogP contribution in [0.3, 0.4) is 0 Å². The molecular formula is C17H16N6OS. The predicted octanol–water partition coefficient (Wildman–Crippen LogP) is 2.57. The molecule has 0 fully saturated rings. The first-order valence-corrected chi connectivity index (χ1v) is 8.48. The van der Waals surface area contributed by atoms with Crippen molar-refractivity contribution in [2.24, 2.45) is 0 Å². The van der Waals surface area contributed by atoms with Gasteiger partial charge in [0.15, 0.2) is 5.13 Å². The van der Waals surface area contributed by atoms with Gasteiger partial charge < -0.3 is 5.32 Å². The molecule has 0 atom stereocenters. The van der Waals surface area contributed by atoms with Crippen molar-refractivity contribution in [3.05, 3.63) is 59.1 Å². The molecule has 7 nitrogen and oxygen atoms in total. The maximum atomic E-state index is 12.1. The molecule has 0 unspecified atom stereocenters. The van der Waals surface area contributed by atoms with Crippen LogP contribution in [0.2, 0.25) is 0 Å². The fraction of sp³-hybridized carbons (Fsp3) is 0.235. The van der Waals surface area contributed by atoms with Crippen LogP contribution < -0.4 is 5.32 Å². The first-order valence-electron chi connectivity index (χ1n) is 7.60. The number of carbonyl (C=O) groups excluding carboxylic acids is 1. The molecule has 0 saturated carbocycles. The van der Waals surface area contributed by atoms with Crippen molar-refractivity contribution in [1.82, 2.24) is 19.7 Å². The summed E-state index contributed by atoms with van der Waals surface area (Å²) in [7, 11) is 0. The lowest BCUT2D eigenvalue weighted by molar-refractivity contribution is -0.116. The molecule has 1 N–H and O–H groups in total. The standard InChI is InChI=1S/C17H16N6OS/c1-17(2,12-6-4-3-5-7-12)13-10-25-16(20-13)21-15(24)9-23-11-19-14(8-18)22-23/h3-7,10-11H,9H2,1-2H3,(H,20,21,24). The van der Waals surface area contributed by atoms with E-state index in [1.54, 1.807) is 0 Å². The number of aromatic nitrogens is 4. The van der Waals surface area contributed by atoms with Crippen LogP contribution in [0.4, 0.5) is 5.13 Å². The Bertz CT molecular complexity index is 922. The Labute approximate surface area is 149 Å². The predicted molar refractivity (Wildman–Crippen MR) is 94.1 cm³/mol. The topological polar surface area (TPSA) is 96.5 Å². The van der Waals surface area contributed by atoms with Gasteiger partial charge in [0, 0.05) is 10.8 Å². The van der Waals surface area contributed by atoms with Crippen molar-refractivity contribution >= 4 is 22.4 Å². The zero-order valence-electron chi connectivity index (χ0n) is 13.8. The van der Waals surface area contributed by atoms with E-state index in [0.29, 0.717) is 5.13 Å². The summed E-state index contributed by atoms with van der Waals surface area (Å²) >= 11 is 1.38. The summed E-state index contributed by atoms with van der Waals surface area (Å²) in [6.07, 6.45) is 1.35. The molecule has 0 saturated heterocycles. The van der Waals surface area contributed by atoms with Crippen LogP contribution in [-0.4, -0.2) is 25.7 Å². The van der Waals surface area contributed by atoms with Crippen molar-refractivity contribution in [2.75, 3.05) is 5.32 Å². The Morgan fingerprint density at radius 3 is 2.80 bits per heavy atom. The smallest absolute Gasteiger partial charge is 0.252 e. The lowest BCUT2D eigenvalue weighted by Crippen LogP contribution is -2.21. The number of hydrogen-bond acceptors (Lipinski definition) is 6. The van der Waals surface area contributed by atoms with E-state index in [1.165, 1.54) is 22.3 Å². The number of anilines is 1. The van der Waals surface area contributed by atoms with Gasteiger partial charge in [-0.25, -0.2) is 14.6 Å². The maximum absolute atomic E-state index is 12.1. The average Bonchev–Trinajstić information content (AvgIpc) is 3.25. The van der Waals surface area contributed by atoms with Gasteiger partial charge in [-0.2, -0.15) is 5.26 Å². The van der Waals surface area contributed by atoms with Crippen LogP contribution in [0.15, 0.2) is 42.0 Å². The number of carbonyl (C=O) groups is 1. The van der Waals surface area contributed by atoms with Crippen LogP contribution in [0.1, 0.15) is 30.9 Å². The summed E-state index contributed by atoms with van der Waals surface area (Å²) in [5.74, 6) is -0.234. The summed E-state index contributed by atoms with van der Waals surface area (Å²) in [5, 5.41) is 17.8. The Morgan fingerprint density at radius 1 is 1.36 bits per heavy atom. The molecule has 3 rings (SSSR count). The minimum absolute atomic E-state index is 0.0222. The lowest BCUT2D eigenvalue weighted by atomic mass is 9.82. The van der Waals surface area contributed by atoms with E-state index >= 15 is 0 Å². The minimum Gasteiger partial charge on any atom is -0.300 e. The zero-order valence-corrected chi connectivity index (χ0v) is 14.6. The number of thiazole rings is 1. The van der Waals surface area contributed by atoms with E-state index in [0.717, 1.165) is 11.3 Å². The number of benzene rings is 1. The van der Waals surface area contributed by atoms with Gasteiger partial charge in [0.2, 0.25) is 5.91 Å². The van der Waals surface area contributed by atoms with Gasteiger partial charge in [-0.05, 0) is 5.56 Å². The van der Waals surface area contributed by atoms with Crippen LogP contribution in [0.5, 0.6) is 0 Å². The van der Waals surface area contributed by atoms with Crippen molar-refractivity contribution < 1.29 is 4.79 Å². The van der Waals surface area contributed by atoms with Crippen molar-refractivity contribution in [1.29, 1.82) is 5.26 Å². The van der Waals surface area contributed by atoms with E-state index < -0.39 is 0 Å². The second kappa shape index (κ2) is 6.83. The summed E-state index contributed by atoms with van der Waals surface area (Å²) < 4.78 is 1.32. The highest BCUT2D eigenvalue weighted by atomic mass is 32.1. The van der Waals surface area contributed by atoms with E-state index in [2.05, 4.69) is 46.4 Å². The normalized spacial score (nSPS) is 11.1. The first kappa shape index (κ1) is 16.8. The molecule has 1 amide bonds. The van der Waals surface area contributed by atoms with Gasteiger partial charge in [-0.3, -0.25) is 4.79 Å². The highest BCUT2D eigenvalue weighted by Gasteiger charge is 2.26. The zero-order chi connectivity index (χ0) is 17.9. The average molecular weight is 352 g/mol. The molecule has 0 aliphatic carbocycles. The Balaban J connectivity index is 1.69.